The van der Waals surface area contributed by atoms with E-state index in [2.05, 4.69) is 5.32 Å². The summed E-state index contributed by atoms with van der Waals surface area (Å²) in [5, 5.41) is 2.99. The van der Waals surface area contributed by atoms with Crippen molar-refractivity contribution >= 4 is 34.2 Å². The molecule has 0 bridgehead atoms. The van der Waals surface area contributed by atoms with Crippen LogP contribution in [0.15, 0.2) is 75.9 Å². The van der Waals surface area contributed by atoms with Gasteiger partial charge < -0.3 is 19.2 Å². The van der Waals surface area contributed by atoms with Gasteiger partial charge >= 0.3 is 0 Å². The third-order valence-electron chi connectivity index (χ3n) is 5.45. The zero-order valence-electron chi connectivity index (χ0n) is 18.5. The van der Waals surface area contributed by atoms with Crippen LogP contribution in [0.1, 0.15) is 5.76 Å². The summed E-state index contributed by atoms with van der Waals surface area (Å²) in [6.07, 6.45) is 0. The standard InChI is InChI=1S/C26H19FN2O6/c1-15-26(35-17-8-6-16(27)7-9-17)25(32)19-11-10-18(12-22(19)34-15)33-14-24(31)29-13-23(30)28-20-4-2-3-5-21(20)29/h2-12H,13-14H2,1H3,(H,28,30). The van der Waals surface area contributed by atoms with E-state index in [0.29, 0.717) is 22.9 Å². The van der Waals surface area contributed by atoms with Gasteiger partial charge in [-0.3, -0.25) is 19.3 Å². The van der Waals surface area contributed by atoms with Gasteiger partial charge in [-0.25, -0.2) is 4.39 Å². The lowest BCUT2D eigenvalue weighted by molar-refractivity contribution is -0.123. The highest BCUT2D eigenvalue weighted by molar-refractivity contribution is 6.10. The van der Waals surface area contributed by atoms with Gasteiger partial charge in [-0.15, -0.1) is 0 Å². The summed E-state index contributed by atoms with van der Waals surface area (Å²) in [4.78, 5) is 39.1. The van der Waals surface area contributed by atoms with E-state index in [9.17, 15) is 18.8 Å². The first kappa shape index (κ1) is 22.1. The molecular weight excluding hydrogens is 455 g/mol. The van der Waals surface area contributed by atoms with Crippen LogP contribution in [0.5, 0.6) is 17.2 Å². The van der Waals surface area contributed by atoms with Gasteiger partial charge in [0.15, 0.2) is 6.61 Å². The fraction of sp³-hybridized carbons (Fsp3) is 0.115. The first-order valence-corrected chi connectivity index (χ1v) is 10.7. The second-order valence-corrected chi connectivity index (χ2v) is 7.86. The summed E-state index contributed by atoms with van der Waals surface area (Å²) in [7, 11) is 0. The predicted molar refractivity (Wildman–Crippen MR) is 127 cm³/mol. The molecule has 1 aliphatic heterocycles. The highest BCUT2D eigenvalue weighted by atomic mass is 19.1. The van der Waals surface area contributed by atoms with Gasteiger partial charge in [0.1, 0.15) is 35.2 Å². The summed E-state index contributed by atoms with van der Waals surface area (Å²) < 4.78 is 30.2. The van der Waals surface area contributed by atoms with Crippen molar-refractivity contribution < 1.29 is 27.9 Å². The minimum atomic E-state index is -0.418. The molecule has 0 saturated heterocycles. The summed E-state index contributed by atoms with van der Waals surface area (Å²) in [5.74, 6) is -0.265. The lowest BCUT2D eigenvalue weighted by Gasteiger charge is -2.29. The van der Waals surface area contributed by atoms with Gasteiger partial charge in [-0.2, -0.15) is 0 Å². The molecule has 9 heteroatoms. The second kappa shape index (κ2) is 8.94. The summed E-state index contributed by atoms with van der Waals surface area (Å²) in [6.45, 7) is 1.15. The van der Waals surface area contributed by atoms with E-state index in [4.69, 9.17) is 13.9 Å². The topological polar surface area (TPSA) is 98.1 Å². The number of aryl methyl sites for hydroxylation is 1. The normalized spacial score (nSPS) is 12.7. The molecule has 0 radical (unpaired) electrons. The molecule has 8 nitrogen and oxygen atoms in total. The van der Waals surface area contributed by atoms with Crippen molar-refractivity contribution in [3.8, 4) is 17.2 Å². The average Bonchev–Trinajstić information content (AvgIpc) is 2.85. The van der Waals surface area contributed by atoms with Gasteiger partial charge in [0, 0.05) is 6.07 Å². The van der Waals surface area contributed by atoms with Crippen molar-refractivity contribution in [3.63, 3.8) is 0 Å². The maximum Gasteiger partial charge on any atom is 0.265 e. The third-order valence-corrected chi connectivity index (χ3v) is 5.45. The molecule has 5 rings (SSSR count). The lowest BCUT2D eigenvalue weighted by Crippen LogP contribution is -2.44. The number of benzene rings is 3. The van der Waals surface area contributed by atoms with E-state index < -0.39 is 17.2 Å². The number of nitrogens with one attached hydrogen (secondary N) is 1. The number of carbonyl (C=O) groups excluding carboxylic acids is 2. The van der Waals surface area contributed by atoms with Gasteiger partial charge in [-0.1, -0.05) is 12.1 Å². The van der Waals surface area contributed by atoms with Crippen molar-refractivity contribution in [1.29, 1.82) is 0 Å². The first-order chi connectivity index (χ1) is 16.9. The summed E-state index contributed by atoms with van der Waals surface area (Å²) in [5.41, 5.74) is 1.01. The molecule has 3 aromatic carbocycles. The lowest BCUT2D eigenvalue weighted by atomic mass is 10.2. The molecule has 1 aliphatic rings. The summed E-state index contributed by atoms with van der Waals surface area (Å²) >= 11 is 0. The maximum absolute atomic E-state index is 13.1. The van der Waals surface area contributed by atoms with E-state index >= 15 is 0 Å². The molecule has 4 aromatic rings. The fourth-order valence-electron chi connectivity index (χ4n) is 3.78. The molecule has 176 valence electrons. The number of fused-ring (bicyclic) bond motifs is 2. The van der Waals surface area contributed by atoms with E-state index in [1.165, 1.54) is 41.3 Å². The van der Waals surface area contributed by atoms with Crippen LogP contribution in [0.25, 0.3) is 11.0 Å². The maximum atomic E-state index is 13.1. The Morgan fingerprint density at radius 3 is 2.60 bits per heavy atom. The number of amides is 2. The molecule has 2 amide bonds. The van der Waals surface area contributed by atoms with Crippen LogP contribution in [0.2, 0.25) is 0 Å². The zero-order valence-corrected chi connectivity index (χ0v) is 18.5. The van der Waals surface area contributed by atoms with E-state index in [-0.39, 0.29) is 41.5 Å². The smallest absolute Gasteiger partial charge is 0.265 e. The molecular formula is C26H19FN2O6. The number of ether oxygens (including phenoxy) is 2. The van der Waals surface area contributed by atoms with Gasteiger partial charge in [0.05, 0.1) is 16.8 Å². The van der Waals surface area contributed by atoms with Crippen molar-refractivity contribution in [3.05, 3.63) is 88.5 Å². The third kappa shape index (κ3) is 4.43. The van der Waals surface area contributed by atoms with Crippen LogP contribution in [-0.4, -0.2) is 25.0 Å². The van der Waals surface area contributed by atoms with Crippen LogP contribution in [0.3, 0.4) is 0 Å². The molecule has 35 heavy (non-hydrogen) atoms. The Balaban J connectivity index is 1.35. The fourth-order valence-corrected chi connectivity index (χ4v) is 3.78. The van der Waals surface area contributed by atoms with Crippen molar-refractivity contribution in [2.75, 3.05) is 23.4 Å². The van der Waals surface area contributed by atoms with Crippen LogP contribution < -0.4 is 25.1 Å². The Hall–Kier alpha value is -4.66. The number of hydrogen-bond donors (Lipinski definition) is 1. The summed E-state index contributed by atoms with van der Waals surface area (Å²) in [6, 6.07) is 16.9. The number of anilines is 2. The second-order valence-electron chi connectivity index (χ2n) is 7.86. The minimum absolute atomic E-state index is 0.00463. The average molecular weight is 474 g/mol. The Morgan fingerprint density at radius 1 is 1.06 bits per heavy atom. The number of halogens is 1. The van der Waals surface area contributed by atoms with Crippen molar-refractivity contribution in [2.24, 2.45) is 0 Å². The number of para-hydroxylation sites is 2. The Morgan fingerprint density at radius 2 is 1.80 bits per heavy atom. The zero-order chi connectivity index (χ0) is 24.5. The van der Waals surface area contributed by atoms with E-state index in [1.807, 2.05) is 0 Å². The highest BCUT2D eigenvalue weighted by Crippen LogP contribution is 2.30. The van der Waals surface area contributed by atoms with Crippen LogP contribution in [0, 0.1) is 12.7 Å². The number of nitrogens with zero attached hydrogens (tertiary/aromatic N) is 1. The molecule has 0 saturated carbocycles. The van der Waals surface area contributed by atoms with E-state index in [0.717, 1.165) is 0 Å². The van der Waals surface area contributed by atoms with Gasteiger partial charge in [0.2, 0.25) is 17.1 Å². The number of hydrogen-bond acceptors (Lipinski definition) is 6. The number of carbonyl (C=O) groups is 2. The molecule has 0 atom stereocenters. The largest absolute Gasteiger partial charge is 0.484 e. The van der Waals surface area contributed by atoms with Crippen LogP contribution in [0.4, 0.5) is 15.8 Å². The van der Waals surface area contributed by atoms with Crippen LogP contribution >= 0.6 is 0 Å². The number of rotatable bonds is 5. The highest BCUT2D eigenvalue weighted by Gasteiger charge is 2.27. The first-order valence-electron chi connectivity index (χ1n) is 10.7. The minimum Gasteiger partial charge on any atom is -0.484 e. The molecule has 0 spiro atoms. The molecule has 0 aliphatic carbocycles. The monoisotopic (exact) mass is 474 g/mol. The predicted octanol–water partition coefficient (Wildman–Crippen LogP) is 4.40. The molecule has 0 fully saturated rings. The Kier molecular flexibility index (Phi) is 5.66. The van der Waals surface area contributed by atoms with Gasteiger partial charge in [0.25, 0.3) is 5.91 Å². The van der Waals surface area contributed by atoms with E-state index in [1.54, 1.807) is 37.3 Å². The molecule has 0 unspecified atom stereocenters. The quantitative estimate of drug-likeness (QED) is 0.461. The van der Waals surface area contributed by atoms with Gasteiger partial charge in [-0.05, 0) is 55.5 Å². The Bertz CT molecular complexity index is 1510. The SMILES string of the molecule is Cc1oc2cc(OCC(=O)N3CC(=O)Nc4ccccc43)ccc2c(=O)c1Oc1ccc(F)cc1. The van der Waals surface area contributed by atoms with Crippen molar-refractivity contribution in [2.45, 2.75) is 6.92 Å². The Labute approximate surface area is 198 Å². The van der Waals surface area contributed by atoms with Crippen molar-refractivity contribution in [1.82, 2.24) is 0 Å². The molecule has 1 N–H and O–H groups in total. The molecule has 1 aromatic heterocycles. The molecule has 2 heterocycles. The van der Waals surface area contributed by atoms with Crippen LogP contribution in [-0.2, 0) is 9.59 Å².